The third kappa shape index (κ3) is 1.72. The predicted molar refractivity (Wildman–Crippen MR) is 68.9 cm³/mol. The van der Waals surface area contributed by atoms with Gasteiger partial charge in [-0.05, 0) is 49.8 Å². The second-order valence-electron chi connectivity index (χ2n) is 5.66. The summed E-state index contributed by atoms with van der Waals surface area (Å²) >= 11 is 0. The van der Waals surface area contributed by atoms with Crippen LogP contribution in [0.25, 0.3) is 0 Å². The van der Waals surface area contributed by atoms with E-state index < -0.39 is 0 Å². The topological polar surface area (TPSA) is 35.2 Å². The second kappa shape index (κ2) is 4.23. The maximum absolute atomic E-state index is 13.3. The highest BCUT2D eigenvalue weighted by Crippen LogP contribution is 2.50. The van der Waals surface area contributed by atoms with Crippen molar-refractivity contribution in [2.45, 2.75) is 50.7 Å². The molecular formula is C15H20FNO. The van der Waals surface area contributed by atoms with E-state index in [-0.39, 0.29) is 17.5 Å². The lowest BCUT2D eigenvalue weighted by atomic mass is 9.79. The van der Waals surface area contributed by atoms with Gasteiger partial charge in [0.25, 0.3) is 0 Å². The van der Waals surface area contributed by atoms with Crippen LogP contribution in [0.2, 0.25) is 0 Å². The van der Waals surface area contributed by atoms with E-state index in [1.165, 1.54) is 25.0 Å². The smallest absolute Gasteiger partial charge is 0.125 e. The predicted octanol–water partition coefficient (Wildman–Crippen LogP) is 3.56. The van der Waals surface area contributed by atoms with Crippen molar-refractivity contribution < 1.29 is 9.13 Å². The molecule has 1 aliphatic heterocycles. The van der Waals surface area contributed by atoms with Gasteiger partial charge in [0.1, 0.15) is 17.2 Å². The monoisotopic (exact) mass is 249 g/mol. The summed E-state index contributed by atoms with van der Waals surface area (Å²) in [6.07, 6.45) is 5.46. The third-order valence-electron chi connectivity index (χ3n) is 4.64. The largest absolute Gasteiger partial charge is 0.487 e. The Bertz CT molecular complexity index is 462. The van der Waals surface area contributed by atoms with Crippen molar-refractivity contribution in [3.63, 3.8) is 0 Å². The first-order valence-corrected chi connectivity index (χ1v) is 6.88. The van der Waals surface area contributed by atoms with Gasteiger partial charge < -0.3 is 10.5 Å². The quantitative estimate of drug-likeness (QED) is 0.826. The van der Waals surface area contributed by atoms with Crippen molar-refractivity contribution >= 4 is 0 Å². The molecule has 2 aliphatic rings. The summed E-state index contributed by atoms with van der Waals surface area (Å²) in [5.41, 5.74) is 6.96. The van der Waals surface area contributed by atoms with Gasteiger partial charge in [-0.3, -0.25) is 0 Å². The summed E-state index contributed by atoms with van der Waals surface area (Å²) in [5.74, 6) is 1.14. The molecule has 0 radical (unpaired) electrons. The molecule has 1 aromatic rings. The van der Waals surface area contributed by atoms with Crippen LogP contribution in [0.15, 0.2) is 18.2 Å². The van der Waals surface area contributed by atoms with Gasteiger partial charge in [0.05, 0.1) is 0 Å². The minimum Gasteiger partial charge on any atom is -0.487 e. The molecule has 3 atom stereocenters. The van der Waals surface area contributed by atoms with Gasteiger partial charge in [-0.1, -0.05) is 6.92 Å². The number of rotatable bonds is 1. The molecule has 3 heteroatoms. The van der Waals surface area contributed by atoms with Gasteiger partial charge in [-0.15, -0.1) is 0 Å². The van der Waals surface area contributed by atoms with Crippen LogP contribution in [0.3, 0.4) is 0 Å². The van der Waals surface area contributed by atoms with Gasteiger partial charge in [0.15, 0.2) is 0 Å². The molecule has 0 bridgehead atoms. The van der Waals surface area contributed by atoms with Crippen molar-refractivity contribution in [1.29, 1.82) is 0 Å². The minimum atomic E-state index is -0.234. The molecule has 2 unspecified atom stereocenters. The number of fused-ring (bicyclic) bond motifs is 1. The fraction of sp³-hybridized carbons (Fsp3) is 0.600. The van der Waals surface area contributed by atoms with Crippen LogP contribution in [0.4, 0.5) is 4.39 Å². The number of ether oxygens (including phenoxy) is 1. The first-order valence-electron chi connectivity index (χ1n) is 6.88. The standard InChI is InChI=1S/C15H20FNO/c1-2-10-4-3-7-15(10)9-13(17)12-8-11(16)5-6-14(12)18-15/h5-6,8,10,13H,2-4,7,9,17H2,1H3/t10?,13-,15?/m1/s1. The molecule has 1 aromatic carbocycles. The Morgan fingerprint density at radius 3 is 3.11 bits per heavy atom. The maximum Gasteiger partial charge on any atom is 0.125 e. The van der Waals surface area contributed by atoms with E-state index in [2.05, 4.69) is 6.92 Å². The Hall–Kier alpha value is -1.09. The Morgan fingerprint density at radius 2 is 2.33 bits per heavy atom. The van der Waals surface area contributed by atoms with E-state index in [1.54, 1.807) is 6.07 Å². The molecule has 2 N–H and O–H groups in total. The van der Waals surface area contributed by atoms with Crippen LogP contribution in [-0.2, 0) is 0 Å². The zero-order valence-corrected chi connectivity index (χ0v) is 10.8. The summed E-state index contributed by atoms with van der Waals surface area (Å²) < 4.78 is 19.5. The summed E-state index contributed by atoms with van der Waals surface area (Å²) in [7, 11) is 0. The van der Waals surface area contributed by atoms with Crippen molar-refractivity contribution in [1.82, 2.24) is 0 Å². The summed E-state index contributed by atoms with van der Waals surface area (Å²) in [4.78, 5) is 0. The van der Waals surface area contributed by atoms with Gasteiger partial charge in [0, 0.05) is 18.0 Å². The molecule has 0 saturated heterocycles. The van der Waals surface area contributed by atoms with E-state index >= 15 is 0 Å². The fourth-order valence-electron chi connectivity index (χ4n) is 3.74. The van der Waals surface area contributed by atoms with Crippen LogP contribution in [0.1, 0.15) is 50.6 Å². The first kappa shape index (κ1) is 12.0. The second-order valence-corrected chi connectivity index (χ2v) is 5.66. The average Bonchev–Trinajstić information content (AvgIpc) is 2.72. The highest BCUT2D eigenvalue weighted by atomic mass is 19.1. The van der Waals surface area contributed by atoms with Gasteiger partial charge >= 0.3 is 0 Å². The molecule has 0 aromatic heterocycles. The molecule has 1 saturated carbocycles. The lowest BCUT2D eigenvalue weighted by Gasteiger charge is -2.42. The fourth-order valence-corrected chi connectivity index (χ4v) is 3.74. The maximum atomic E-state index is 13.3. The molecule has 2 nitrogen and oxygen atoms in total. The number of halogens is 1. The Balaban J connectivity index is 1.98. The van der Waals surface area contributed by atoms with E-state index in [4.69, 9.17) is 10.5 Å². The van der Waals surface area contributed by atoms with E-state index in [9.17, 15) is 4.39 Å². The van der Waals surface area contributed by atoms with Crippen LogP contribution < -0.4 is 10.5 Å². The number of hydrogen-bond donors (Lipinski definition) is 1. The molecule has 0 amide bonds. The van der Waals surface area contributed by atoms with Gasteiger partial charge in [0.2, 0.25) is 0 Å². The molecule has 18 heavy (non-hydrogen) atoms. The van der Waals surface area contributed by atoms with Crippen LogP contribution in [0.5, 0.6) is 5.75 Å². The molecule has 1 fully saturated rings. The number of benzene rings is 1. The summed E-state index contributed by atoms with van der Waals surface area (Å²) in [6, 6.07) is 4.61. The van der Waals surface area contributed by atoms with Crippen molar-refractivity contribution in [3.05, 3.63) is 29.6 Å². The molecule has 1 heterocycles. The van der Waals surface area contributed by atoms with Crippen LogP contribution in [-0.4, -0.2) is 5.60 Å². The summed E-state index contributed by atoms with van der Waals surface area (Å²) in [5, 5.41) is 0. The molecule has 1 aliphatic carbocycles. The van der Waals surface area contributed by atoms with E-state index in [0.717, 1.165) is 30.6 Å². The molecule has 1 spiro atoms. The average molecular weight is 249 g/mol. The van der Waals surface area contributed by atoms with Crippen molar-refractivity contribution in [3.8, 4) is 5.75 Å². The van der Waals surface area contributed by atoms with E-state index in [0.29, 0.717) is 5.92 Å². The van der Waals surface area contributed by atoms with Crippen molar-refractivity contribution in [2.75, 3.05) is 0 Å². The zero-order chi connectivity index (χ0) is 12.8. The lowest BCUT2D eigenvalue weighted by Crippen LogP contribution is -2.45. The van der Waals surface area contributed by atoms with Gasteiger partial charge in [-0.25, -0.2) is 4.39 Å². The lowest BCUT2D eigenvalue weighted by molar-refractivity contribution is -0.00110. The van der Waals surface area contributed by atoms with Crippen LogP contribution >= 0.6 is 0 Å². The Kier molecular flexibility index (Phi) is 2.81. The zero-order valence-electron chi connectivity index (χ0n) is 10.8. The number of hydrogen-bond acceptors (Lipinski definition) is 2. The molecular weight excluding hydrogens is 229 g/mol. The number of nitrogens with two attached hydrogens (primary N) is 1. The minimum absolute atomic E-state index is 0.0982. The van der Waals surface area contributed by atoms with Crippen LogP contribution in [0, 0.1) is 11.7 Å². The Labute approximate surface area is 107 Å². The first-order chi connectivity index (χ1) is 8.64. The highest BCUT2D eigenvalue weighted by molar-refractivity contribution is 5.39. The van der Waals surface area contributed by atoms with Crippen molar-refractivity contribution in [2.24, 2.45) is 11.7 Å². The van der Waals surface area contributed by atoms with Gasteiger partial charge in [-0.2, -0.15) is 0 Å². The van der Waals surface area contributed by atoms with E-state index in [1.807, 2.05) is 0 Å². The molecule has 3 rings (SSSR count). The Morgan fingerprint density at radius 1 is 1.50 bits per heavy atom. The third-order valence-corrected chi connectivity index (χ3v) is 4.64. The highest BCUT2D eigenvalue weighted by Gasteiger charge is 2.48. The molecule has 98 valence electrons. The normalized spacial score (nSPS) is 34.4. The summed E-state index contributed by atoms with van der Waals surface area (Å²) in [6.45, 7) is 2.22. The SMILES string of the molecule is CCC1CCCC12C[C@@H](N)c1cc(F)ccc1O2.